The average Bonchev–Trinajstić information content (AvgIpc) is 2.98. The fourth-order valence-electron chi connectivity index (χ4n) is 2.85. The van der Waals surface area contributed by atoms with Gasteiger partial charge in [-0.25, -0.2) is 4.39 Å². The highest BCUT2D eigenvalue weighted by atomic mass is 32.2. The summed E-state index contributed by atoms with van der Waals surface area (Å²) in [5, 5.41) is 0. The molecule has 0 N–H and O–H groups in total. The lowest BCUT2D eigenvalue weighted by Gasteiger charge is -2.37. The Kier molecular flexibility index (Phi) is 5.00. The van der Waals surface area contributed by atoms with Gasteiger partial charge in [-0.1, -0.05) is 12.1 Å². The molecule has 4 nitrogen and oxygen atoms in total. The number of rotatable bonds is 4. The zero-order valence-electron chi connectivity index (χ0n) is 12.4. The summed E-state index contributed by atoms with van der Waals surface area (Å²) in [5.74, 6) is 0.0414. The molecule has 1 spiro atoms. The second kappa shape index (κ2) is 6.98. The number of likely N-dealkylation sites (tertiary alicyclic amines) is 1. The summed E-state index contributed by atoms with van der Waals surface area (Å²) in [6.45, 7) is 2.63. The fraction of sp³-hybridized carbons (Fsp3) is 0.562. The molecule has 2 heterocycles. The zero-order chi connectivity index (χ0) is 15.4. The summed E-state index contributed by atoms with van der Waals surface area (Å²) < 4.78 is 24.8. The van der Waals surface area contributed by atoms with Crippen molar-refractivity contribution in [2.45, 2.75) is 29.9 Å². The first-order valence-electron chi connectivity index (χ1n) is 7.62. The fourth-order valence-corrected chi connectivity index (χ4v) is 3.73. The molecule has 6 heteroatoms. The van der Waals surface area contributed by atoms with Crippen LogP contribution in [0.2, 0.25) is 0 Å². The van der Waals surface area contributed by atoms with Crippen LogP contribution in [-0.4, -0.2) is 48.7 Å². The lowest BCUT2D eigenvalue weighted by Crippen LogP contribution is -2.47. The Morgan fingerprint density at radius 1 is 1.23 bits per heavy atom. The number of benzene rings is 1. The minimum absolute atomic E-state index is 0.122. The van der Waals surface area contributed by atoms with Crippen molar-refractivity contribution in [3.05, 3.63) is 30.1 Å². The van der Waals surface area contributed by atoms with Crippen LogP contribution in [0.5, 0.6) is 0 Å². The minimum atomic E-state index is -0.446. The van der Waals surface area contributed by atoms with Crippen LogP contribution in [-0.2, 0) is 14.3 Å². The third kappa shape index (κ3) is 3.62. The maximum atomic E-state index is 13.5. The summed E-state index contributed by atoms with van der Waals surface area (Å²) in [7, 11) is 0. The molecule has 1 amide bonds. The number of ether oxygens (including phenoxy) is 2. The average molecular weight is 325 g/mol. The highest BCUT2D eigenvalue weighted by Crippen LogP contribution is 2.31. The van der Waals surface area contributed by atoms with Gasteiger partial charge in [0.15, 0.2) is 5.79 Å². The van der Waals surface area contributed by atoms with E-state index in [-0.39, 0.29) is 11.7 Å². The van der Waals surface area contributed by atoms with Gasteiger partial charge in [-0.2, -0.15) is 0 Å². The molecule has 2 fully saturated rings. The quantitative estimate of drug-likeness (QED) is 0.798. The number of thioether (sulfide) groups is 1. The normalized spacial score (nSPS) is 20.5. The summed E-state index contributed by atoms with van der Waals surface area (Å²) in [6, 6.07) is 6.65. The van der Waals surface area contributed by atoms with Crippen molar-refractivity contribution < 1.29 is 18.7 Å². The van der Waals surface area contributed by atoms with Crippen molar-refractivity contribution in [3.8, 4) is 0 Å². The van der Waals surface area contributed by atoms with Gasteiger partial charge in [0.25, 0.3) is 0 Å². The van der Waals surface area contributed by atoms with E-state index in [4.69, 9.17) is 9.47 Å². The van der Waals surface area contributed by atoms with Gasteiger partial charge in [0, 0.05) is 43.0 Å². The number of piperidine rings is 1. The zero-order valence-corrected chi connectivity index (χ0v) is 13.2. The Hall–Kier alpha value is -1.11. The smallest absolute Gasteiger partial charge is 0.223 e. The molecule has 0 aromatic heterocycles. The van der Waals surface area contributed by atoms with E-state index in [0.29, 0.717) is 43.4 Å². The Morgan fingerprint density at radius 2 is 1.91 bits per heavy atom. The number of carbonyl (C=O) groups is 1. The standard InChI is InChI=1S/C16H20FNO3S/c17-13-3-1-2-4-14(13)22-12-5-15(19)18-8-6-16(7-9-18)20-10-11-21-16/h1-4H,5-12H2. The van der Waals surface area contributed by atoms with Crippen LogP contribution in [0.4, 0.5) is 4.39 Å². The van der Waals surface area contributed by atoms with Crippen LogP contribution in [0.15, 0.2) is 29.2 Å². The lowest BCUT2D eigenvalue weighted by atomic mass is 10.0. The van der Waals surface area contributed by atoms with Gasteiger partial charge in [0.05, 0.1) is 13.2 Å². The van der Waals surface area contributed by atoms with E-state index in [9.17, 15) is 9.18 Å². The second-order valence-corrected chi connectivity index (χ2v) is 6.65. The molecule has 120 valence electrons. The van der Waals surface area contributed by atoms with Crippen molar-refractivity contribution in [1.29, 1.82) is 0 Å². The first-order valence-corrected chi connectivity index (χ1v) is 8.60. The molecule has 0 atom stereocenters. The van der Waals surface area contributed by atoms with Crippen molar-refractivity contribution in [2.75, 3.05) is 32.1 Å². The molecule has 1 aromatic carbocycles. The number of amides is 1. The van der Waals surface area contributed by atoms with Crippen molar-refractivity contribution in [3.63, 3.8) is 0 Å². The van der Waals surface area contributed by atoms with Crippen LogP contribution in [0.1, 0.15) is 19.3 Å². The topological polar surface area (TPSA) is 38.8 Å². The maximum Gasteiger partial charge on any atom is 0.223 e. The van der Waals surface area contributed by atoms with Gasteiger partial charge in [-0.05, 0) is 12.1 Å². The SMILES string of the molecule is O=C(CCSc1ccccc1F)N1CCC2(CC1)OCCO2. The first kappa shape index (κ1) is 15.8. The van der Waals surface area contributed by atoms with E-state index in [1.807, 2.05) is 4.90 Å². The van der Waals surface area contributed by atoms with Crippen LogP contribution >= 0.6 is 11.8 Å². The number of carbonyl (C=O) groups excluding carboxylic acids is 1. The van der Waals surface area contributed by atoms with Gasteiger partial charge in [-0.15, -0.1) is 11.8 Å². The van der Waals surface area contributed by atoms with E-state index in [1.54, 1.807) is 18.2 Å². The molecule has 3 rings (SSSR count). The summed E-state index contributed by atoms with van der Waals surface area (Å²) >= 11 is 1.39. The maximum absolute atomic E-state index is 13.5. The van der Waals surface area contributed by atoms with E-state index in [0.717, 1.165) is 12.8 Å². The van der Waals surface area contributed by atoms with Crippen molar-refractivity contribution in [2.24, 2.45) is 0 Å². The van der Waals surface area contributed by atoms with E-state index in [1.165, 1.54) is 17.8 Å². The molecule has 2 aliphatic rings. The van der Waals surface area contributed by atoms with Crippen LogP contribution in [0.3, 0.4) is 0 Å². The Balaban J connectivity index is 1.42. The van der Waals surface area contributed by atoms with Crippen LogP contribution in [0, 0.1) is 5.82 Å². The number of hydrogen-bond donors (Lipinski definition) is 0. The number of halogens is 1. The molecule has 0 unspecified atom stereocenters. The van der Waals surface area contributed by atoms with Gasteiger partial charge in [0.1, 0.15) is 5.82 Å². The Bertz CT molecular complexity index is 524. The number of hydrogen-bond acceptors (Lipinski definition) is 4. The molecular weight excluding hydrogens is 305 g/mol. The summed E-state index contributed by atoms with van der Waals surface area (Å²) in [5.41, 5.74) is 0. The van der Waals surface area contributed by atoms with Crippen molar-refractivity contribution in [1.82, 2.24) is 4.90 Å². The first-order chi connectivity index (χ1) is 10.7. The molecule has 0 bridgehead atoms. The molecule has 22 heavy (non-hydrogen) atoms. The largest absolute Gasteiger partial charge is 0.347 e. The van der Waals surface area contributed by atoms with Crippen LogP contribution in [0.25, 0.3) is 0 Å². The monoisotopic (exact) mass is 325 g/mol. The molecule has 0 saturated carbocycles. The Labute approximate surface area is 134 Å². The van der Waals surface area contributed by atoms with Gasteiger partial charge in [0.2, 0.25) is 5.91 Å². The molecule has 0 radical (unpaired) electrons. The molecular formula is C16H20FNO3S. The number of nitrogens with zero attached hydrogens (tertiary/aromatic N) is 1. The molecule has 1 aromatic rings. The predicted octanol–water partition coefficient (Wildman–Crippen LogP) is 2.67. The van der Waals surface area contributed by atoms with Gasteiger partial charge >= 0.3 is 0 Å². The third-order valence-corrected chi connectivity index (χ3v) is 5.15. The van der Waals surface area contributed by atoms with E-state index < -0.39 is 5.79 Å². The highest BCUT2D eigenvalue weighted by molar-refractivity contribution is 7.99. The van der Waals surface area contributed by atoms with Gasteiger partial charge in [-0.3, -0.25) is 4.79 Å². The lowest BCUT2D eigenvalue weighted by molar-refractivity contribution is -0.187. The van der Waals surface area contributed by atoms with Crippen molar-refractivity contribution >= 4 is 17.7 Å². The summed E-state index contributed by atoms with van der Waals surface area (Å²) in [4.78, 5) is 14.7. The van der Waals surface area contributed by atoms with E-state index >= 15 is 0 Å². The highest BCUT2D eigenvalue weighted by Gasteiger charge is 2.40. The second-order valence-electron chi connectivity index (χ2n) is 5.52. The molecule has 2 aliphatic heterocycles. The Morgan fingerprint density at radius 3 is 2.59 bits per heavy atom. The van der Waals surface area contributed by atoms with Gasteiger partial charge < -0.3 is 14.4 Å². The molecule has 0 aliphatic carbocycles. The molecule has 2 saturated heterocycles. The van der Waals surface area contributed by atoms with Crippen LogP contribution < -0.4 is 0 Å². The minimum Gasteiger partial charge on any atom is -0.347 e. The third-order valence-electron chi connectivity index (χ3n) is 4.10. The van der Waals surface area contributed by atoms with E-state index in [2.05, 4.69) is 0 Å². The predicted molar refractivity (Wildman–Crippen MR) is 82.2 cm³/mol. The summed E-state index contributed by atoms with van der Waals surface area (Å²) in [6.07, 6.45) is 1.89.